The SMILES string of the molecule is CCCCN(CCCC)C(=O)CN1C[C@@H](c2ccc3c(c2)OCO3)[C@H](C(=O)O)[C@H]1c1ccc(F)c(F)c1. The molecule has 1 saturated heterocycles. The van der Waals surface area contributed by atoms with E-state index in [1.165, 1.54) is 6.07 Å². The van der Waals surface area contributed by atoms with Crippen molar-refractivity contribution in [2.24, 2.45) is 5.92 Å². The van der Waals surface area contributed by atoms with E-state index in [0.717, 1.165) is 43.4 Å². The highest BCUT2D eigenvalue weighted by Gasteiger charge is 2.48. The van der Waals surface area contributed by atoms with Gasteiger partial charge in [-0.15, -0.1) is 0 Å². The Kier molecular flexibility index (Phi) is 8.63. The highest BCUT2D eigenvalue weighted by atomic mass is 19.2. The first-order valence-corrected chi connectivity index (χ1v) is 12.9. The van der Waals surface area contributed by atoms with Crippen LogP contribution in [0.3, 0.4) is 0 Å². The van der Waals surface area contributed by atoms with Gasteiger partial charge in [-0.05, 0) is 48.2 Å². The van der Waals surface area contributed by atoms with Gasteiger partial charge in [-0.1, -0.05) is 38.8 Å². The lowest BCUT2D eigenvalue weighted by Gasteiger charge is -2.30. The number of ether oxygens (including phenoxy) is 2. The number of unbranched alkanes of at least 4 members (excludes halogenated alkanes) is 2. The summed E-state index contributed by atoms with van der Waals surface area (Å²) in [5, 5.41) is 10.3. The van der Waals surface area contributed by atoms with E-state index >= 15 is 0 Å². The summed E-state index contributed by atoms with van der Waals surface area (Å²) in [7, 11) is 0. The molecule has 2 aromatic carbocycles. The Bertz CT molecular complexity index is 1120. The second-order valence-electron chi connectivity index (χ2n) is 9.72. The molecule has 2 aliphatic rings. The average molecular weight is 517 g/mol. The number of aliphatic carboxylic acids is 1. The van der Waals surface area contributed by atoms with Crippen LogP contribution in [0, 0.1) is 17.6 Å². The third-order valence-electron chi connectivity index (χ3n) is 7.25. The number of hydrogen-bond donors (Lipinski definition) is 1. The molecule has 0 radical (unpaired) electrons. The Morgan fingerprint density at radius 1 is 0.973 bits per heavy atom. The normalized spacial score (nSPS) is 20.8. The largest absolute Gasteiger partial charge is 0.481 e. The molecule has 0 saturated carbocycles. The monoisotopic (exact) mass is 516 g/mol. The van der Waals surface area contributed by atoms with Crippen LogP contribution in [0.2, 0.25) is 0 Å². The lowest BCUT2D eigenvalue weighted by Crippen LogP contribution is -2.42. The summed E-state index contributed by atoms with van der Waals surface area (Å²) in [6, 6.07) is 7.96. The molecular formula is C28H34F2N2O5. The summed E-state index contributed by atoms with van der Waals surface area (Å²) in [4.78, 5) is 29.7. The molecule has 0 bridgehead atoms. The van der Waals surface area contributed by atoms with Crippen molar-refractivity contribution in [2.45, 2.75) is 51.5 Å². The highest BCUT2D eigenvalue weighted by molar-refractivity contribution is 5.79. The zero-order valence-corrected chi connectivity index (χ0v) is 21.3. The standard InChI is InChI=1S/C28H34F2N2O5/c1-3-5-11-31(12-6-4-2)25(33)16-32-15-20(18-8-10-23-24(14-18)37-17-36-23)26(28(34)35)27(32)19-7-9-21(29)22(30)13-19/h7-10,13-14,20,26-27H,3-6,11-12,15-17H2,1-2H3,(H,34,35)/t20-,26-,27+/m0/s1. The predicted molar refractivity (Wildman–Crippen MR) is 133 cm³/mol. The summed E-state index contributed by atoms with van der Waals surface area (Å²) in [6.45, 7) is 5.74. The van der Waals surface area contributed by atoms with E-state index in [-0.39, 0.29) is 25.8 Å². The smallest absolute Gasteiger partial charge is 0.309 e. The van der Waals surface area contributed by atoms with Gasteiger partial charge in [0.15, 0.2) is 23.1 Å². The maximum absolute atomic E-state index is 14.3. The zero-order valence-electron chi connectivity index (χ0n) is 21.3. The number of fused-ring (bicyclic) bond motifs is 1. The molecule has 0 aliphatic carbocycles. The molecule has 7 nitrogen and oxygen atoms in total. The first-order valence-electron chi connectivity index (χ1n) is 12.9. The number of amides is 1. The van der Waals surface area contributed by atoms with Crippen LogP contribution in [0.1, 0.15) is 62.6 Å². The third kappa shape index (κ3) is 5.87. The molecule has 1 N–H and O–H groups in total. The van der Waals surface area contributed by atoms with Crippen molar-refractivity contribution in [1.82, 2.24) is 9.80 Å². The van der Waals surface area contributed by atoms with Gasteiger partial charge in [0.05, 0.1) is 12.5 Å². The van der Waals surface area contributed by atoms with E-state index in [9.17, 15) is 23.5 Å². The second-order valence-corrected chi connectivity index (χ2v) is 9.72. The third-order valence-corrected chi connectivity index (χ3v) is 7.25. The van der Waals surface area contributed by atoms with E-state index in [0.29, 0.717) is 30.2 Å². The van der Waals surface area contributed by atoms with Gasteiger partial charge in [-0.2, -0.15) is 0 Å². The molecule has 2 aliphatic heterocycles. The topological polar surface area (TPSA) is 79.3 Å². The molecule has 4 rings (SSSR count). The maximum Gasteiger partial charge on any atom is 0.309 e. The number of carboxylic acid groups (broad SMARTS) is 1. The lowest BCUT2D eigenvalue weighted by atomic mass is 9.82. The number of nitrogens with zero attached hydrogens (tertiary/aromatic N) is 2. The van der Waals surface area contributed by atoms with Crippen molar-refractivity contribution < 1.29 is 33.0 Å². The minimum Gasteiger partial charge on any atom is -0.481 e. The number of hydrogen-bond acceptors (Lipinski definition) is 5. The van der Waals surface area contributed by atoms with Crippen molar-refractivity contribution >= 4 is 11.9 Å². The molecule has 1 amide bonds. The first-order chi connectivity index (χ1) is 17.8. The van der Waals surface area contributed by atoms with Gasteiger partial charge in [0.1, 0.15) is 0 Å². The number of likely N-dealkylation sites (tertiary alicyclic amines) is 1. The minimum atomic E-state index is -1.07. The van der Waals surface area contributed by atoms with Crippen LogP contribution in [0.15, 0.2) is 36.4 Å². The molecule has 1 fully saturated rings. The Hall–Kier alpha value is -3.20. The highest BCUT2D eigenvalue weighted by Crippen LogP contribution is 2.47. The fraction of sp³-hybridized carbons (Fsp3) is 0.500. The van der Waals surface area contributed by atoms with Crippen LogP contribution in [0.4, 0.5) is 8.78 Å². The van der Waals surface area contributed by atoms with Crippen LogP contribution >= 0.6 is 0 Å². The van der Waals surface area contributed by atoms with Gasteiger partial charge in [0.25, 0.3) is 0 Å². The molecule has 0 spiro atoms. The van der Waals surface area contributed by atoms with E-state index in [2.05, 4.69) is 13.8 Å². The Morgan fingerprint density at radius 2 is 1.65 bits per heavy atom. The minimum absolute atomic E-state index is 0.0120. The quantitative estimate of drug-likeness (QED) is 0.455. The summed E-state index contributed by atoms with van der Waals surface area (Å²) in [5.74, 6) is -3.59. The molecule has 37 heavy (non-hydrogen) atoms. The van der Waals surface area contributed by atoms with Crippen molar-refractivity contribution in [3.63, 3.8) is 0 Å². The van der Waals surface area contributed by atoms with Gasteiger partial charge >= 0.3 is 5.97 Å². The van der Waals surface area contributed by atoms with Crippen LogP contribution in [-0.4, -0.2) is 59.8 Å². The molecule has 200 valence electrons. The van der Waals surface area contributed by atoms with Crippen LogP contribution in [0.25, 0.3) is 0 Å². The van der Waals surface area contributed by atoms with Gasteiger partial charge in [0, 0.05) is 31.6 Å². The molecule has 2 heterocycles. The Morgan fingerprint density at radius 3 is 2.30 bits per heavy atom. The van der Waals surface area contributed by atoms with Gasteiger partial charge < -0.3 is 19.5 Å². The van der Waals surface area contributed by atoms with E-state index in [1.807, 2.05) is 4.90 Å². The van der Waals surface area contributed by atoms with E-state index in [1.54, 1.807) is 23.1 Å². The number of carbonyl (C=O) groups excluding carboxylic acids is 1. The number of benzene rings is 2. The van der Waals surface area contributed by atoms with Crippen molar-refractivity contribution in [1.29, 1.82) is 0 Å². The maximum atomic E-state index is 14.3. The average Bonchev–Trinajstić information content (AvgIpc) is 3.50. The molecule has 2 aromatic rings. The number of carbonyl (C=O) groups is 2. The van der Waals surface area contributed by atoms with Gasteiger partial charge in [-0.25, -0.2) is 8.78 Å². The van der Waals surface area contributed by atoms with Crippen molar-refractivity contribution in [3.05, 3.63) is 59.2 Å². The van der Waals surface area contributed by atoms with Crippen molar-refractivity contribution in [2.75, 3.05) is 33.0 Å². The van der Waals surface area contributed by atoms with E-state index in [4.69, 9.17) is 9.47 Å². The van der Waals surface area contributed by atoms with Crippen LogP contribution < -0.4 is 9.47 Å². The van der Waals surface area contributed by atoms with E-state index < -0.39 is 35.5 Å². The molecule has 9 heteroatoms. The number of rotatable bonds is 11. The zero-order chi connectivity index (χ0) is 26.5. The molecule has 0 aromatic heterocycles. The predicted octanol–water partition coefficient (Wildman–Crippen LogP) is 4.96. The first kappa shape index (κ1) is 26.9. The molecular weight excluding hydrogens is 482 g/mol. The Labute approximate surface area is 216 Å². The van der Waals surface area contributed by atoms with Crippen LogP contribution in [0.5, 0.6) is 11.5 Å². The lowest BCUT2D eigenvalue weighted by molar-refractivity contribution is -0.144. The summed E-state index contributed by atoms with van der Waals surface area (Å²) < 4.78 is 38.9. The van der Waals surface area contributed by atoms with Gasteiger partial charge in [-0.3, -0.25) is 14.5 Å². The summed E-state index contributed by atoms with van der Waals surface area (Å²) in [6.07, 6.45) is 3.65. The number of halogens is 2. The Balaban J connectivity index is 1.69. The number of carboxylic acids is 1. The van der Waals surface area contributed by atoms with Gasteiger partial charge in [0.2, 0.25) is 12.7 Å². The fourth-order valence-corrected chi connectivity index (χ4v) is 5.30. The van der Waals surface area contributed by atoms with Crippen molar-refractivity contribution in [3.8, 4) is 11.5 Å². The molecule has 3 atom stereocenters. The molecule has 0 unspecified atom stereocenters. The summed E-state index contributed by atoms with van der Waals surface area (Å²) >= 11 is 0. The summed E-state index contributed by atoms with van der Waals surface area (Å²) in [5.41, 5.74) is 1.06. The fourth-order valence-electron chi connectivity index (χ4n) is 5.30. The van der Waals surface area contributed by atoms with Crippen LogP contribution in [-0.2, 0) is 9.59 Å². The second kappa shape index (κ2) is 11.9.